The number of carboxylic acids is 1. The van der Waals surface area contributed by atoms with Crippen molar-refractivity contribution in [2.45, 2.75) is 12.8 Å². The second-order valence-electron chi connectivity index (χ2n) is 5.64. The lowest BCUT2D eigenvalue weighted by Gasteiger charge is -2.24. The topological polar surface area (TPSA) is 99.1 Å². The average molecular weight is 362 g/mol. The van der Waals surface area contributed by atoms with Crippen molar-refractivity contribution in [1.29, 1.82) is 0 Å². The van der Waals surface area contributed by atoms with E-state index in [1.165, 1.54) is 12.1 Å². The third-order valence-electron chi connectivity index (χ3n) is 3.92. The number of benzene rings is 2. The van der Waals surface area contributed by atoms with Gasteiger partial charge in [0.1, 0.15) is 5.75 Å². The molecule has 3 N–H and O–H groups in total. The minimum Gasteiger partial charge on any atom is -0.478 e. The van der Waals surface area contributed by atoms with Gasteiger partial charge in [0.05, 0.1) is 16.9 Å². The van der Waals surface area contributed by atoms with E-state index in [1.54, 1.807) is 12.1 Å². The Morgan fingerprint density at radius 3 is 2.44 bits per heavy atom. The molecule has 3 rings (SSSR count). The number of hydrogen-bond donors (Lipinski definition) is 3. The Bertz CT molecular complexity index is 791. The number of aromatic carboxylic acids is 1. The van der Waals surface area contributed by atoms with Gasteiger partial charge in [0.2, 0.25) is 0 Å². The van der Waals surface area contributed by atoms with Gasteiger partial charge >= 0.3 is 5.97 Å². The summed E-state index contributed by atoms with van der Waals surface area (Å²) >= 11 is -2.36. The molecule has 0 bridgehead atoms. The van der Waals surface area contributed by atoms with Gasteiger partial charge in [-0.25, -0.2) is 9.00 Å². The van der Waals surface area contributed by atoms with Crippen molar-refractivity contribution in [3.05, 3.63) is 48.0 Å². The summed E-state index contributed by atoms with van der Waals surface area (Å²) in [4.78, 5) is 13.5. The first-order valence-electron chi connectivity index (χ1n) is 7.81. The van der Waals surface area contributed by atoms with Gasteiger partial charge in [-0.1, -0.05) is 18.2 Å². The highest BCUT2D eigenvalue weighted by molar-refractivity contribution is 7.80. The number of carboxylic acid groups (broad SMARTS) is 1. The lowest BCUT2D eigenvalue weighted by atomic mass is 10.1. The molecule has 2 aromatic rings. The first-order chi connectivity index (χ1) is 12.0. The Morgan fingerprint density at radius 1 is 1.16 bits per heavy atom. The molecule has 1 saturated heterocycles. The van der Waals surface area contributed by atoms with Crippen molar-refractivity contribution in [2.75, 3.05) is 22.7 Å². The minimum absolute atomic E-state index is 0.0234. The van der Waals surface area contributed by atoms with Crippen LogP contribution in [0.1, 0.15) is 23.2 Å². The van der Waals surface area contributed by atoms with E-state index in [2.05, 4.69) is 4.72 Å². The first kappa shape index (κ1) is 17.2. The molecule has 0 saturated carbocycles. The fourth-order valence-electron chi connectivity index (χ4n) is 2.81. The van der Waals surface area contributed by atoms with Crippen molar-refractivity contribution in [2.24, 2.45) is 0 Å². The number of rotatable bonds is 6. The molecule has 1 aliphatic rings. The van der Waals surface area contributed by atoms with Gasteiger partial charge in [-0.2, -0.15) is 0 Å². The van der Waals surface area contributed by atoms with Crippen molar-refractivity contribution in [3.8, 4) is 11.5 Å². The van der Waals surface area contributed by atoms with Gasteiger partial charge in [0.25, 0.3) is 11.3 Å². The van der Waals surface area contributed by atoms with Crippen LogP contribution in [0, 0.1) is 0 Å². The van der Waals surface area contributed by atoms with Gasteiger partial charge in [-0.05, 0) is 37.1 Å². The summed E-state index contributed by atoms with van der Waals surface area (Å²) in [5.41, 5.74) is 0.774. The highest BCUT2D eigenvalue weighted by Crippen LogP contribution is 2.41. The fraction of sp³-hybridized carbons (Fsp3) is 0.235. The smallest absolute Gasteiger partial charge is 0.335 e. The van der Waals surface area contributed by atoms with Crippen LogP contribution in [0.2, 0.25) is 0 Å². The average Bonchev–Trinajstić information content (AvgIpc) is 3.11. The van der Waals surface area contributed by atoms with Crippen molar-refractivity contribution < 1.29 is 23.4 Å². The Balaban J connectivity index is 2.12. The Morgan fingerprint density at radius 2 is 1.84 bits per heavy atom. The van der Waals surface area contributed by atoms with E-state index in [9.17, 15) is 18.7 Å². The van der Waals surface area contributed by atoms with Crippen LogP contribution in [-0.2, 0) is 11.3 Å². The van der Waals surface area contributed by atoms with Gasteiger partial charge in [0.15, 0.2) is 5.75 Å². The molecule has 1 unspecified atom stereocenters. The van der Waals surface area contributed by atoms with Crippen LogP contribution in [0.4, 0.5) is 11.4 Å². The number of nitrogens with zero attached hydrogens (tertiary/aromatic N) is 1. The van der Waals surface area contributed by atoms with Crippen molar-refractivity contribution >= 4 is 28.6 Å². The standard InChI is InChI=1S/C17H18N2O5S/c20-17(21)12-10-14(18-25(22)23)16(24-13-6-2-1-3-7-13)15(11-12)19-8-4-5-9-19/h1-3,6-7,10-11,18H,4-5,8-9H2,(H,20,21)(H,22,23). The molecule has 0 amide bonds. The number of hydrogen-bond acceptors (Lipinski definition) is 4. The summed E-state index contributed by atoms with van der Waals surface area (Å²) < 4.78 is 28.8. The number of nitrogens with one attached hydrogen (secondary N) is 1. The second kappa shape index (κ2) is 7.54. The van der Waals surface area contributed by atoms with E-state index in [0.717, 1.165) is 25.9 Å². The molecule has 25 heavy (non-hydrogen) atoms. The Hall–Kier alpha value is -2.58. The molecule has 0 spiro atoms. The Labute approximate surface area is 147 Å². The quantitative estimate of drug-likeness (QED) is 0.682. The van der Waals surface area contributed by atoms with Crippen LogP contribution < -0.4 is 14.4 Å². The summed E-state index contributed by atoms with van der Waals surface area (Å²) in [6.07, 6.45) is 1.99. The molecular weight excluding hydrogens is 344 g/mol. The highest BCUT2D eigenvalue weighted by atomic mass is 32.2. The summed E-state index contributed by atoms with van der Waals surface area (Å²) in [6, 6.07) is 11.8. The zero-order valence-corrected chi connectivity index (χ0v) is 14.2. The summed E-state index contributed by atoms with van der Waals surface area (Å²) in [5, 5.41) is 9.37. The third-order valence-corrected chi connectivity index (χ3v) is 4.32. The predicted octanol–water partition coefficient (Wildman–Crippen LogP) is 3.33. The van der Waals surface area contributed by atoms with Crippen LogP contribution >= 0.6 is 0 Å². The number of para-hydroxylation sites is 1. The van der Waals surface area contributed by atoms with Crippen LogP contribution in [0.15, 0.2) is 42.5 Å². The second-order valence-corrected chi connectivity index (χ2v) is 6.34. The molecule has 2 aromatic carbocycles. The zero-order valence-electron chi connectivity index (χ0n) is 13.3. The molecule has 8 heteroatoms. The number of carbonyl (C=O) groups is 1. The maximum atomic E-state index is 11.5. The molecule has 1 atom stereocenters. The van der Waals surface area contributed by atoms with Crippen molar-refractivity contribution in [1.82, 2.24) is 0 Å². The number of ether oxygens (including phenoxy) is 1. The molecule has 0 radical (unpaired) electrons. The van der Waals surface area contributed by atoms with Crippen LogP contribution in [0.3, 0.4) is 0 Å². The molecule has 1 heterocycles. The lowest BCUT2D eigenvalue weighted by molar-refractivity contribution is 0.0697. The van der Waals surface area contributed by atoms with E-state index in [0.29, 0.717) is 17.2 Å². The predicted molar refractivity (Wildman–Crippen MR) is 95.8 cm³/mol. The van der Waals surface area contributed by atoms with Gasteiger partial charge < -0.3 is 14.7 Å². The maximum Gasteiger partial charge on any atom is 0.335 e. The maximum absolute atomic E-state index is 11.5. The van der Waals surface area contributed by atoms with E-state index >= 15 is 0 Å². The van der Waals surface area contributed by atoms with Gasteiger partial charge in [-0.3, -0.25) is 9.27 Å². The van der Waals surface area contributed by atoms with Crippen LogP contribution in [0.5, 0.6) is 11.5 Å². The lowest BCUT2D eigenvalue weighted by Crippen LogP contribution is -2.20. The molecule has 0 aliphatic carbocycles. The minimum atomic E-state index is -2.36. The van der Waals surface area contributed by atoms with E-state index < -0.39 is 17.2 Å². The van der Waals surface area contributed by atoms with E-state index in [-0.39, 0.29) is 11.3 Å². The number of anilines is 2. The van der Waals surface area contributed by atoms with E-state index in [1.807, 2.05) is 23.1 Å². The largest absolute Gasteiger partial charge is 0.478 e. The molecule has 0 aromatic heterocycles. The molecule has 1 fully saturated rings. The van der Waals surface area contributed by atoms with E-state index in [4.69, 9.17) is 4.74 Å². The summed E-state index contributed by atoms with van der Waals surface area (Å²) in [7, 11) is 0. The molecule has 1 aliphatic heterocycles. The van der Waals surface area contributed by atoms with Crippen molar-refractivity contribution in [3.63, 3.8) is 0 Å². The summed E-state index contributed by atoms with van der Waals surface area (Å²) in [5.74, 6) is -0.225. The molecule has 132 valence electrons. The van der Waals surface area contributed by atoms with Crippen LogP contribution in [-0.4, -0.2) is 32.9 Å². The Kier molecular flexibility index (Phi) is 5.20. The SMILES string of the molecule is O=C(O)c1cc(NS(=O)O)c(Oc2ccccc2)c(N2CCCC2)c1. The molecular formula is C17H18N2O5S. The summed E-state index contributed by atoms with van der Waals surface area (Å²) in [6.45, 7) is 1.55. The van der Waals surface area contributed by atoms with Gasteiger partial charge in [0, 0.05) is 13.1 Å². The highest BCUT2D eigenvalue weighted by Gasteiger charge is 2.23. The first-order valence-corrected chi connectivity index (χ1v) is 8.92. The zero-order chi connectivity index (χ0) is 17.8. The van der Waals surface area contributed by atoms with Gasteiger partial charge in [-0.15, -0.1) is 0 Å². The fourth-order valence-corrected chi connectivity index (χ4v) is 3.15. The normalized spacial score (nSPS) is 15.0. The third kappa shape index (κ3) is 4.09. The molecule has 7 nitrogen and oxygen atoms in total. The van der Waals surface area contributed by atoms with Crippen LogP contribution in [0.25, 0.3) is 0 Å². The monoisotopic (exact) mass is 362 g/mol.